The number of hydrogen-bond donors (Lipinski definition) is 5. The lowest BCUT2D eigenvalue weighted by molar-refractivity contribution is -0.130. The number of nitrogens with one attached hydrogen (secondary N) is 3. The van der Waals surface area contributed by atoms with Crippen molar-refractivity contribution in [1.82, 2.24) is 19.7 Å². The Balaban J connectivity index is 1.39. The Hall–Kier alpha value is -2.87. The lowest BCUT2D eigenvalue weighted by Gasteiger charge is -2.35. The van der Waals surface area contributed by atoms with Gasteiger partial charge in [-0.15, -0.1) is 6.58 Å². The summed E-state index contributed by atoms with van der Waals surface area (Å²) in [5, 5.41) is 30.2. The molecule has 1 heterocycles. The first-order valence-corrected chi connectivity index (χ1v) is 18.3. The van der Waals surface area contributed by atoms with E-state index in [0.29, 0.717) is 18.8 Å². The third kappa shape index (κ3) is 10.6. The predicted octanol–water partition coefficient (Wildman–Crippen LogP) is 2.98. The fourth-order valence-electron chi connectivity index (χ4n) is 6.81. The van der Waals surface area contributed by atoms with Gasteiger partial charge >= 0.3 is 0 Å². The maximum atomic E-state index is 13.6. The molecule has 0 radical (unpaired) electrons. The number of carbonyl (C=O) groups is 2. The van der Waals surface area contributed by atoms with E-state index in [-0.39, 0.29) is 44.6 Å². The molecule has 4 atom stereocenters. The van der Waals surface area contributed by atoms with Crippen LogP contribution in [0.5, 0.6) is 0 Å². The van der Waals surface area contributed by atoms with E-state index >= 15 is 0 Å². The molecule has 1 aliphatic heterocycles. The molecule has 1 aliphatic carbocycles. The zero-order chi connectivity index (χ0) is 34.0. The molecule has 2 fully saturated rings. The summed E-state index contributed by atoms with van der Waals surface area (Å²) in [5.74, 6) is -0.405. The van der Waals surface area contributed by atoms with Crippen LogP contribution in [0.1, 0.15) is 70.3 Å². The van der Waals surface area contributed by atoms with Crippen LogP contribution in [-0.2, 0) is 24.5 Å². The van der Waals surface area contributed by atoms with Gasteiger partial charge in [-0.3, -0.25) is 9.59 Å². The van der Waals surface area contributed by atoms with Crippen molar-refractivity contribution in [3.05, 3.63) is 60.7 Å². The van der Waals surface area contributed by atoms with Crippen molar-refractivity contribution < 1.29 is 33.0 Å². The molecule has 11 nitrogen and oxygen atoms in total. The highest BCUT2D eigenvalue weighted by atomic mass is 32.2. The normalized spacial score (nSPS) is 21.9. The van der Waals surface area contributed by atoms with Crippen molar-refractivity contribution in [2.75, 3.05) is 32.8 Å². The van der Waals surface area contributed by atoms with Crippen LogP contribution < -0.4 is 15.4 Å². The van der Waals surface area contributed by atoms with E-state index in [4.69, 9.17) is 4.74 Å². The number of fused-ring (bicyclic) bond motifs is 1. The number of benzene rings is 2. The zero-order valence-electron chi connectivity index (χ0n) is 27.6. The Kier molecular flexibility index (Phi) is 13.8. The van der Waals surface area contributed by atoms with Crippen molar-refractivity contribution in [1.29, 1.82) is 0 Å². The lowest BCUT2D eigenvalue weighted by Crippen LogP contribution is -2.56. The molecule has 1 unspecified atom stereocenters. The van der Waals surface area contributed by atoms with Crippen LogP contribution in [0.25, 0.3) is 10.8 Å². The van der Waals surface area contributed by atoms with Crippen LogP contribution in [0.4, 0.5) is 0 Å². The van der Waals surface area contributed by atoms with Crippen LogP contribution >= 0.6 is 0 Å². The van der Waals surface area contributed by atoms with Crippen molar-refractivity contribution in [2.24, 2.45) is 11.8 Å². The SMILES string of the molecule is C=CCC(NC(=O)CNS(=O)(=O)N1CCOCC1)C(=O)N[C@H](CC1CCC(c2cccc3ccccc23)CC1)[C@H](O)[C@H](O)CC(C)C. The monoisotopic (exact) mass is 672 g/mol. The van der Waals surface area contributed by atoms with E-state index in [0.717, 1.165) is 25.7 Å². The highest BCUT2D eigenvalue weighted by Gasteiger charge is 2.34. The maximum absolute atomic E-state index is 13.6. The summed E-state index contributed by atoms with van der Waals surface area (Å²) in [7, 11) is -3.88. The second kappa shape index (κ2) is 17.5. The van der Waals surface area contributed by atoms with Gasteiger partial charge in [-0.1, -0.05) is 62.4 Å². The average molecular weight is 673 g/mol. The Bertz CT molecular complexity index is 1430. The number of aliphatic hydroxyl groups excluding tert-OH is 2. The fraction of sp³-hybridized carbons (Fsp3) is 0.600. The number of ether oxygens (including phenoxy) is 1. The Morgan fingerprint density at radius 1 is 1.02 bits per heavy atom. The Morgan fingerprint density at radius 3 is 2.38 bits per heavy atom. The minimum atomic E-state index is -3.88. The van der Waals surface area contributed by atoms with Crippen LogP contribution in [0.15, 0.2) is 55.1 Å². The van der Waals surface area contributed by atoms with Gasteiger partial charge in [0, 0.05) is 13.1 Å². The molecule has 5 N–H and O–H groups in total. The summed E-state index contributed by atoms with van der Waals surface area (Å²) in [5.41, 5.74) is 1.36. The van der Waals surface area contributed by atoms with Crippen LogP contribution in [0.3, 0.4) is 0 Å². The molecule has 2 aliphatic rings. The number of morpholine rings is 1. The summed E-state index contributed by atoms with van der Waals surface area (Å²) >= 11 is 0. The quantitative estimate of drug-likeness (QED) is 0.172. The number of aliphatic hydroxyl groups is 2. The van der Waals surface area contributed by atoms with Gasteiger partial charge in [-0.25, -0.2) is 0 Å². The van der Waals surface area contributed by atoms with Crippen LogP contribution in [0, 0.1) is 11.8 Å². The average Bonchev–Trinajstić information content (AvgIpc) is 3.06. The Morgan fingerprint density at radius 2 is 1.70 bits per heavy atom. The topological polar surface area (TPSA) is 157 Å². The van der Waals surface area contributed by atoms with E-state index in [2.05, 4.69) is 64.4 Å². The van der Waals surface area contributed by atoms with Gasteiger partial charge < -0.3 is 25.6 Å². The molecular formula is C35H52N4O7S. The molecule has 47 heavy (non-hydrogen) atoms. The number of rotatable bonds is 16. The summed E-state index contributed by atoms with van der Waals surface area (Å²) in [4.78, 5) is 26.3. The van der Waals surface area contributed by atoms with Crippen molar-refractivity contribution in [3.8, 4) is 0 Å². The third-order valence-electron chi connectivity index (χ3n) is 9.32. The highest BCUT2D eigenvalue weighted by molar-refractivity contribution is 7.87. The maximum Gasteiger partial charge on any atom is 0.280 e. The molecule has 2 aromatic rings. The smallest absolute Gasteiger partial charge is 0.280 e. The van der Waals surface area contributed by atoms with Crippen LogP contribution in [0.2, 0.25) is 0 Å². The van der Waals surface area contributed by atoms with Gasteiger partial charge in [-0.2, -0.15) is 17.4 Å². The second-order valence-corrected chi connectivity index (χ2v) is 15.1. The van der Waals surface area contributed by atoms with E-state index in [9.17, 15) is 28.2 Å². The highest BCUT2D eigenvalue weighted by Crippen LogP contribution is 2.40. The largest absolute Gasteiger partial charge is 0.390 e. The van der Waals surface area contributed by atoms with E-state index in [1.807, 2.05) is 13.8 Å². The van der Waals surface area contributed by atoms with Crippen LogP contribution in [-0.4, -0.2) is 91.9 Å². The van der Waals surface area contributed by atoms with E-state index in [1.54, 1.807) is 0 Å². The fourth-order valence-corrected chi connectivity index (χ4v) is 7.94. The Labute approximate surface area is 279 Å². The molecule has 0 aromatic heterocycles. The molecule has 12 heteroatoms. The van der Waals surface area contributed by atoms with Gasteiger partial charge in [0.1, 0.15) is 12.1 Å². The molecule has 0 spiro atoms. The molecule has 4 rings (SSSR count). The lowest BCUT2D eigenvalue weighted by atomic mass is 9.75. The molecule has 1 saturated heterocycles. The second-order valence-electron chi connectivity index (χ2n) is 13.3. The molecule has 1 saturated carbocycles. The van der Waals surface area contributed by atoms with Gasteiger partial charge in [0.15, 0.2) is 0 Å². The molecule has 2 aromatic carbocycles. The predicted molar refractivity (Wildman–Crippen MR) is 183 cm³/mol. The van der Waals surface area contributed by atoms with E-state index in [1.165, 1.54) is 26.7 Å². The molecular weight excluding hydrogens is 620 g/mol. The number of hydrogen-bond acceptors (Lipinski definition) is 7. The first-order valence-electron chi connectivity index (χ1n) is 16.8. The summed E-state index contributed by atoms with van der Waals surface area (Å²) < 4.78 is 33.8. The molecule has 2 amide bonds. The van der Waals surface area contributed by atoms with Crippen molar-refractivity contribution >= 4 is 32.8 Å². The summed E-state index contributed by atoms with van der Waals surface area (Å²) in [6.45, 7) is 8.02. The first kappa shape index (κ1) is 37.0. The van der Waals surface area contributed by atoms with Gasteiger partial charge in [0.05, 0.1) is 31.9 Å². The van der Waals surface area contributed by atoms with Crippen molar-refractivity contribution in [2.45, 2.75) is 89.0 Å². The van der Waals surface area contributed by atoms with Gasteiger partial charge in [0.2, 0.25) is 11.8 Å². The van der Waals surface area contributed by atoms with Crippen molar-refractivity contribution in [3.63, 3.8) is 0 Å². The van der Waals surface area contributed by atoms with Gasteiger partial charge in [0.25, 0.3) is 10.2 Å². The zero-order valence-corrected chi connectivity index (χ0v) is 28.5. The molecule has 260 valence electrons. The van der Waals surface area contributed by atoms with Gasteiger partial charge in [-0.05, 0) is 79.0 Å². The minimum Gasteiger partial charge on any atom is -0.390 e. The number of amides is 2. The standard InChI is InChI=1S/C35H52N4O7S/c1-4-8-30(37-33(41)23-36-47(44,45)39-17-19-46-20-18-39)35(43)38-31(34(42)32(40)21-24(2)3)22-25-13-15-27(16-14-25)29-12-7-10-26-9-5-6-11-28(26)29/h4-7,9-12,24-25,27,30-32,34,36,40,42H,1,8,13-23H2,2-3H3,(H,37,41)(H,38,43)/t25?,27?,30?,31-,32-,34+/m1/s1. The van der Waals surface area contributed by atoms with E-state index < -0.39 is 52.9 Å². The summed E-state index contributed by atoms with van der Waals surface area (Å²) in [6, 6.07) is 13.1. The molecule has 0 bridgehead atoms. The first-order chi connectivity index (χ1) is 22.5. The third-order valence-corrected chi connectivity index (χ3v) is 10.9. The number of nitrogens with zero attached hydrogens (tertiary/aromatic N) is 1. The summed E-state index contributed by atoms with van der Waals surface area (Å²) in [6.07, 6.45) is 4.03. The minimum absolute atomic E-state index is 0.0985. The number of carbonyl (C=O) groups excluding carboxylic acids is 2.